The number of allylic oxidation sites excluding steroid dienone is 2. The van der Waals surface area contributed by atoms with Gasteiger partial charge in [-0.15, -0.1) is 0 Å². The van der Waals surface area contributed by atoms with Crippen molar-refractivity contribution in [2.24, 2.45) is 23.2 Å². The first kappa shape index (κ1) is 16.4. The number of hydrogen-bond acceptors (Lipinski definition) is 3. The number of hydrogen-bond donors (Lipinski definition) is 1. The number of carbonyl (C=O) groups excluding carboxylic acids is 2. The van der Waals surface area contributed by atoms with Gasteiger partial charge in [0.05, 0.1) is 0 Å². The van der Waals surface area contributed by atoms with Gasteiger partial charge in [0.1, 0.15) is 11.4 Å². The lowest BCUT2D eigenvalue weighted by Crippen LogP contribution is -2.41. The van der Waals surface area contributed by atoms with Gasteiger partial charge in [-0.25, -0.2) is 0 Å². The fraction of sp³-hybridized carbons (Fsp3) is 0.600. The van der Waals surface area contributed by atoms with Crippen LogP contribution in [0.3, 0.4) is 0 Å². The summed E-state index contributed by atoms with van der Waals surface area (Å²) in [6, 6.07) is 0. The molecule has 0 heterocycles. The van der Waals surface area contributed by atoms with Crippen molar-refractivity contribution in [3.8, 4) is 0 Å². The summed E-state index contributed by atoms with van der Waals surface area (Å²) in [6.45, 7) is 9.89. The van der Waals surface area contributed by atoms with Crippen molar-refractivity contribution in [2.45, 2.75) is 53.1 Å². The highest BCUT2D eigenvalue weighted by Crippen LogP contribution is 2.60. The van der Waals surface area contributed by atoms with E-state index >= 15 is 0 Å². The largest absolute Gasteiger partial charge is 0.380 e. The van der Waals surface area contributed by atoms with Crippen LogP contribution in [0.5, 0.6) is 0 Å². The average molecular weight is 314 g/mol. The molecule has 3 aliphatic rings. The van der Waals surface area contributed by atoms with Gasteiger partial charge in [-0.05, 0) is 37.7 Å². The van der Waals surface area contributed by atoms with E-state index < -0.39 is 5.60 Å². The van der Waals surface area contributed by atoms with E-state index in [9.17, 15) is 14.7 Å². The van der Waals surface area contributed by atoms with Crippen LogP contribution in [0.2, 0.25) is 0 Å². The third-order valence-corrected chi connectivity index (χ3v) is 5.92. The molecule has 0 unspecified atom stereocenters. The van der Waals surface area contributed by atoms with Gasteiger partial charge in [0.15, 0.2) is 5.78 Å². The molecule has 0 amide bonds. The lowest BCUT2D eigenvalue weighted by Gasteiger charge is -2.28. The van der Waals surface area contributed by atoms with Crippen LogP contribution in [-0.2, 0) is 9.59 Å². The first-order valence-electron chi connectivity index (χ1n) is 8.40. The fourth-order valence-corrected chi connectivity index (χ4v) is 4.50. The van der Waals surface area contributed by atoms with Gasteiger partial charge in [-0.3, -0.25) is 9.59 Å². The Kier molecular flexibility index (Phi) is 3.57. The lowest BCUT2D eigenvalue weighted by molar-refractivity contribution is -0.133. The number of ketones is 2. The Bertz CT molecular complexity index is 677. The molecular formula is C20H26O3. The van der Waals surface area contributed by atoms with E-state index in [-0.39, 0.29) is 34.7 Å². The molecular weight excluding hydrogens is 288 g/mol. The molecule has 3 heteroatoms. The summed E-state index contributed by atoms with van der Waals surface area (Å²) in [5, 5.41) is 11.1. The molecule has 3 aliphatic carbocycles. The maximum Gasteiger partial charge on any atom is 0.191 e. The first-order chi connectivity index (χ1) is 10.6. The summed E-state index contributed by atoms with van der Waals surface area (Å²) in [4.78, 5) is 25.1. The Balaban J connectivity index is 2.04. The number of fused-ring (bicyclic) bond motifs is 2. The molecule has 0 radical (unpaired) electrons. The third-order valence-electron chi connectivity index (χ3n) is 5.92. The molecule has 1 fully saturated rings. The average Bonchev–Trinajstić information content (AvgIpc) is 2.89. The summed E-state index contributed by atoms with van der Waals surface area (Å²) in [5.74, 6) is 0.0215. The predicted molar refractivity (Wildman–Crippen MR) is 89.7 cm³/mol. The van der Waals surface area contributed by atoms with Crippen molar-refractivity contribution in [1.29, 1.82) is 0 Å². The Hall–Kier alpha value is -1.48. The first-order valence-corrected chi connectivity index (χ1v) is 8.40. The SMILES string of the molecule is CC1=C[C@H]2/C=C(\C)CC(=O)[C@@H]3[C@@H](/C=C(/C)C[C@]2(O)C1=O)C3(C)C. The normalized spacial score (nSPS) is 44.1. The van der Waals surface area contributed by atoms with E-state index in [2.05, 4.69) is 19.9 Å². The molecule has 0 aromatic rings. The molecule has 3 nitrogen and oxygen atoms in total. The highest BCUT2D eigenvalue weighted by Gasteiger charge is 2.60. The quantitative estimate of drug-likeness (QED) is 0.697. The van der Waals surface area contributed by atoms with E-state index in [4.69, 9.17) is 0 Å². The number of carbonyl (C=O) groups is 2. The van der Waals surface area contributed by atoms with Crippen LogP contribution in [0, 0.1) is 23.2 Å². The zero-order valence-electron chi connectivity index (χ0n) is 14.6. The smallest absolute Gasteiger partial charge is 0.191 e. The monoisotopic (exact) mass is 314 g/mol. The van der Waals surface area contributed by atoms with Gasteiger partial charge < -0.3 is 5.11 Å². The molecule has 1 N–H and O–H groups in total. The lowest BCUT2D eigenvalue weighted by atomic mass is 9.81. The van der Waals surface area contributed by atoms with Gasteiger partial charge in [-0.1, -0.05) is 43.2 Å². The molecule has 0 aliphatic heterocycles. The van der Waals surface area contributed by atoms with Crippen molar-refractivity contribution >= 4 is 11.6 Å². The number of aliphatic hydroxyl groups is 1. The summed E-state index contributed by atoms with van der Waals surface area (Å²) >= 11 is 0. The molecule has 1 saturated carbocycles. The van der Waals surface area contributed by atoms with Crippen molar-refractivity contribution < 1.29 is 14.7 Å². The minimum Gasteiger partial charge on any atom is -0.380 e. The van der Waals surface area contributed by atoms with E-state index in [1.807, 2.05) is 26.0 Å². The van der Waals surface area contributed by atoms with Gasteiger partial charge in [0.25, 0.3) is 0 Å². The summed E-state index contributed by atoms with van der Waals surface area (Å²) in [7, 11) is 0. The fourth-order valence-electron chi connectivity index (χ4n) is 4.50. The van der Waals surface area contributed by atoms with E-state index in [1.54, 1.807) is 6.92 Å². The highest BCUT2D eigenvalue weighted by molar-refractivity contribution is 6.04. The van der Waals surface area contributed by atoms with E-state index in [0.29, 0.717) is 18.4 Å². The summed E-state index contributed by atoms with van der Waals surface area (Å²) in [5.41, 5.74) is 1.14. The zero-order chi connectivity index (χ0) is 17.2. The minimum absolute atomic E-state index is 0.0201. The van der Waals surface area contributed by atoms with E-state index in [1.165, 1.54) is 0 Å². The van der Waals surface area contributed by atoms with Crippen molar-refractivity contribution in [2.75, 3.05) is 0 Å². The molecule has 4 atom stereocenters. The molecule has 0 saturated heterocycles. The van der Waals surface area contributed by atoms with E-state index in [0.717, 1.165) is 11.1 Å². The second-order valence-electron chi connectivity index (χ2n) is 8.30. The van der Waals surface area contributed by atoms with Gasteiger partial charge >= 0.3 is 0 Å². The maximum absolute atomic E-state index is 12.6. The minimum atomic E-state index is -1.39. The molecule has 3 rings (SSSR count). The molecule has 124 valence electrons. The molecule has 23 heavy (non-hydrogen) atoms. The number of rotatable bonds is 0. The van der Waals surface area contributed by atoms with Crippen molar-refractivity contribution in [1.82, 2.24) is 0 Å². The second kappa shape index (κ2) is 5.01. The van der Waals surface area contributed by atoms with Crippen LogP contribution in [0.4, 0.5) is 0 Å². The predicted octanol–water partition coefficient (Wildman–Crippen LogP) is 3.39. The van der Waals surface area contributed by atoms with Crippen LogP contribution in [0.25, 0.3) is 0 Å². The Morgan fingerprint density at radius 3 is 2.35 bits per heavy atom. The molecule has 0 aromatic carbocycles. The molecule has 0 bridgehead atoms. The van der Waals surface area contributed by atoms with Crippen LogP contribution >= 0.6 is 0 Å². The second-order valence-corrected chi connectivity index (χ2v) is 8.30. The van der Waals surface area contributed by atoms with Crippen LogP contribution in [0.15, 0.2) is 34.9 Å². The standard InChI is InChI=1S/C20H26O3/c1-11-6-14-9-13(3)18(22)20(14,23)10-12(2)7-15-17(16(21)8-11)19(15,4)5/h6-7,9,14-15,17,23H,8,10H2,1-5H3/b11-6+,12-7-/t14-,15-,17+,20-/m1/s1. The van der Waals surface area contributed by atoms with Crippen molar-refractivity contribution in [3.05, 3.63) is 34.9 Å². The van der Waals surface area contributed by atoms with Gasteiger partial charge in [0.2, 0.25) is 0 Å². The zero-order valence-corrected chi connectivity index (χ0v) is 14.6. The maximum atomic E-state index is 12.6. The Morgan fingerprint density at radius 2 is 1.70 bits per heavy atom. The topological polar surface area (TPSA) is 54.4 Å². The summed E-state index contributed by atoms with van der Waals surface area (Å²) in [6.07, 6.45) is 6.60. The van der Waals surface area contributed by atoms with Crippen LogP contribution in [0.1, 0.15) is 47.5 Å². The van der Waals surface area contributed by atoms with Gasteiger partial charge in [-0.2, -0.15) is 0 Å². The van der Waals surface area contributed by atoms with Gasteiger partial charge in [0, 0.05) is 24.7 Å². The van der Waals surface area contributed by atoms with Crippen LogP contribution < -0.4 is 0 Å². The molecule has 0 spiro atoms. The van der Waals surface area contributed by atoms with Crippen molar-refractivity contribution in [3.63, 3.8) is 0 Å². The Morgan fingerprint density at radius 1 is 1.04 bits per heavy atom. The number of Topliss-reactive ketones (excluding diaryl/α,β-unsaturated/α-hetero) is 2. The highest BCUT2D eigenvalue weighted by atomic mass is 16.3. The molecule has 0 aromatic heterocycles. The summed E-state index contributed by atoms with van der Waals surface area (Å²) < 4.78 is 0. The third kappa shape index (κ3) is 2.46. The Labute approximate surface area is 138 Å². The van der Waals surface area contributed by atoms with Crippen LogP contribution in [-0.4, -0.2) is 22.3 Å².